The van der Waals surface area contributed by atoms with Gasteiger partial charge in [0, 0.05) is 16.2 Å². The van der Waals surface area contributed by atoms with Gasteiger partial charge >= 0.3 is 0 Å². The molecule has 4 nitrogen and oxygen atoms in total. The summed E-state index contributed by atoms with van der Waals surface area (Å²) in [5, 5.41) is 2.93. The van der Waals surface area contributed by atoms with Crippen LogP contribution in [0, 0.1) is 6.92 Å². The fraction of sp³-hybridized carbons (Fsp3) is 0.235. The molecular formula is C17H18BrN3O. The summed E-state index contributed by atoms with van der Waals surface area (Å²) >= 11 is 3.38. The number of hydrogen-bond acceptors (Lipinski definition) is 3. The molecule has 0 saturated carbocycles. The lowest BCUT2D eigenvalue weighted by Crippen LogP contribution is -2.39. The van der Waals surface area contributed by atoms with Gasteiger partial charge in [-0.2, -0.15) is 0 Å². The molecule has 22 heavy (non-hydrogen) atoms. The molecule has 0 spiro atoms. The third-order valence-corrected chi connectivity index (χ3v) is 4.34. The van der Waals surface area contributed by atoms with Crippen LogP contribution in [0.15, 0.2) is 53.0 Å². The molecule has 1 aliphatic rings. The van der Waals surface area contributed by atoms with Crippen LogP contribution in [-0.4, -0.2) is 11.9 Å². The minimum Gasteiger partial charge on any atom is -0.325 e. The maximum atomic E-state index is 12.3. The van der Waals surface area contributed by atoms with Crippen LogP contribution in [0.25, 0.3) is 0 Å². The lowest BCUT2D eigenvalue weighted by Gasteiger charge is -2.11. The Bertz CT molecular complexity index is 655. The standard InChI is InChI=1S/C17H18BrN3O/c1-11-2-4-12(5-3-11)15-10-16(21-20-15)17(22)19-14-8-6-13(18)7-9-14/h2-9,15-16,20-21H,10H2,1H3,(H,19,22). The van der Waals surface area contributed by atoms with E-state index >= 15 is 0 Å². The molecular weight excluding hydrogens is 342 g/mol. The minimum absolute atomic E-state index is 0.0237. The van der Waals surface area contributed by atoms with Crippen molar-refractivity contribution in [3.05, 3.63) is 64.1 Å². The van der Waals surface area contributed by atoms with Crippen LogP contribution in [0.3, 0.4) is 0 Å². The van der Waals surface area contributed by atoms with Gasteiger partial charge in [-0.3, -0.25) is 4.79 Å². The number of amides is 1. The van der Waals surface area contributed by atoms with E-state index in [0.29, 0.717) is 0 Å². The van der Waals surface area contributed by atoms with Gasteiger partial charge in [-0.15, -0.1) is 0 Å². The molecule has 0 bridgehead atoms. The molecule has 1 saturated heterocycles. The highest BCUT2D eigenvalue weighted by atomic mass is 79.9. The van der Waals surface area contributed by atoms with E-state index in [1.54, 1.807) is 0 Å². The van der Waals surface area contributed by atoms with E-state index in [9.17, 15) is 4.79 Å². The number of rotatable bonds is 3. The predicted molar refractivity (Wildman–Crippen MR) is 91.4 cm³/mol. The summed E-state index contributed by atoms with van der Waals surface area (Å²) in [7, 11) is 0. The molecule has 114 valence electrons. The number of carbonyl (C=O) groups is 1. The summed E-state index contributed by atoms with van der Waals surface area (Å²) < 4.78 is 0.991. The second-order valence-electron chi connectivity index (χ2n) is 5.54. The predicted octanol–water partition coefficient (Wildman–Crippen LogP) is 3.30. The Hall–Kier alpha value is -1.69. The van der Waals surface area contributed by atoms with E-state index in [1.165, 1.54) is 11.1 Å². The van der Waals surface area contributed by atoms with E-state index in [0.717, 1.165) is 16.6 Å². The van der Waals surface area contributed by atoms with Crippen molar-refractivity contribution in [2.75, 3.05) is 5.32 Å². The van der Waals surface area contributed by atoms with E-state index in [-0.39, 0.29) is 18.0 Å². The van der Waals surface area contributed by atoms with Crippen LogP contribution in [-0.2, 0) is 4.79 Å². The Labute approximate surface area is 138 Å². The fourth-order valence-corrected chi connectivity index (χ4v) is 2.77. The molecule has 1 aliphatic heterocycles. The zero-order valence-corrected chi connectivity index (χ0v) is 13.9. The maximum absolute atomic E-state index is 12.3. The monoisotopic (exact) mass is 359 g/mol. The number of aryl methyl sites for hydroxylation is 1. The number of nitrogens with one attached hydrogen (secondary N) is 3. The average molecular weight is 360 g/mol. The zero-order valence-electron chi connectivity index (χ0n) is 12.3. The largest absolute Gasteiger partial charge is 0.325 e. The highest BCUT2D eigenvalue weighted by Gasteiger charge is 2.30. The lowest BCUT2D eigenvalue weighted by molar-refractivity contribution is -0.117. The topological polar surface area (TPSA) is 53.2 Å². The van der Waals surface area contributed by atoms with Crippen molar-refractivity contribution in [1.82, 2.24) is 10.9 Å². The third kappa shape index (κ3) is 3.55. The zero-order chi connectivity index (χ0) is 15.5. The summed E-state index contributed by atoms with van der Waals surface area (Å²) in [5.41, 5.74) is 9.51. The first-order chi connectivity index (χ1) is 10.6. The number of carbonyl (C=O) groups excluding carboxylic acids is 1. The van der Waals surface area contributed by atoms with Crippen molar-refractivity contribution in [3.63, 3.8) is 0 Å². The van der Waals surface area contributed by atoms with E-state index in [4.69, 9.17) is 0 Å². The molecule has 0 aromatic heterocycles. The normalized spacial score (nSPS) is 20.8. The molecule has 2 aromatic carbocycles. The van der Waals surface area contributed by atoms with Gasteiger partial charge in [-0.1, -0.05) is 45.8 Å². The first-order valence-corrected chi connectivity index (χ1v) is 8.05. The second-order valence-corrected chi connectivity index (χ2v) is 6.45. The van der Waals surface area contributed by atoms with Gasteiger partial charge < -0.3 is 5.32 Å². The van der Waals surface area contributed by atoms with Crippen molar-refractivity contribution in [2.45, 2.75) is 25.4 Å². The number of hydrogen-bond donors (Lipinski definition) is 3. The van der Waals surface area contributed by atoms with E-state index < -0.39 is 0 Å². The molecule has 0 radical (unpaired) electrons. The van der Waals surface area contributed by atoms with Crippen molar-refractivity contribution in [1.29, 1.82) is 0 Å². The molecule has 1 amide bonds. The number of anilines is 1. The first-order valence-electron chi connectivity index (χ1n) is 7.26. The maximum Gasteiger partial charge on any atom is 0.242 e. The fourth-order valence-electron chi connectivity index (χ4n) is 2.51. The molecule has 3 N–H and O–H groups in total. The van der Waals surface area contributed by atoms with Crippen LogP contribution in [0.1, 0.15) is 23.6 Å². The third-order valence-electron chi connectivity index (χ3n) is 3.81. The molecule has 1 heterocycles. The Balaban J connectivity index is 1.61. The van der Waals surface area contributed by atoms with Gasteiger partial charge in [0.25, 0.3) is 0 Å². The molecule has 3 rings (SSSR count). The van der Waals surface area contributed by atoms with Crippen LogP contribution in [0.2, 0.25) is 0 Å². The lowest BCUT2D eigenvalue weighted by atomic mass is 10.0. The molecule has 2 unspecified atom stereocenters. The molecule has 1 fully saturated rings. The van der Waals surface area contributed by atoms with Gasteiger partial charge in [0.15, 0.2) is 0 Å². The molecule has 2 aromatic rings. The quantitative estimate of drug-likeness (QED) is 0.787. The van der Waals surface area contributed by atoms with E-state index in [1.807, 2.05) is 24.3 Å². The van der Waals surface area contributed by atoms with Crippen molar-refractivity contribution >= 4 is 27.5 Å². The van der Waals surface area contributed by atoms with Gasteiger partial charge in [-0.05, 0) is 43.2 Å². The minimum atomic E-state index is -0.241. The van der Waals surface area contributed by atoms with Crippen LogP contribution in [0.5, 0.6) is 0 Å². The van der Waals surface area contributed by atoms with E-state index in [2.05, 4.69) is 63.3 Å². The first kappa shape index (κ1) is 15.2. The smallest absolute Gasteiger partial charge is 0.242 e. The Kier molecular flexibility index (Phi) is 4.57. The Morgan fingerprint density at radius 1 is 1.09 bits per heavy atom. The summed E-state index contributed by atoms with van der Waals surface area (Å²) in [6.07, 6.45) is 0.728. The van der Waals surface area contributed by atoms with Crippen molar-refractivity contribution in [2.24, 2.45) is 0 Å². The summed E-state index contributed by atoms with van der Waals surface area (Å²) in [5.74, 6) is -0.0237. The second kappa shape index (κ2) is 6.60. The van der Waals surface area contributed by atoms with Crippen LogP contribution < -0.4 is 16.2 Å². The summed E-state index contributed by atoms with van der Waals surface area (Å²) in [6.45, 7) is 2.07. The summed E-state index contributed by atoms with van der Waals surface area (Å²) in [4.78, 5) is 12.3. The van der Waals surface area contributed by atoms with Crippen LogP contribution >= 0.6 is 15.9 Å². The molecule has 2 atom stereocenters. The number of benzene rings is 2. The Morgan fingerprint density at radius 3 is 2.45 bits per heavy atom. The van der Waals surface area contributed by atoms with Crippen molar-refractivity contribution in [3.8, 4) is 0 Å². The Morgan fingerprint density at radius 2 is 1.77 bits per heavy atom. The summed E-state index contributed by atoms with van der Waals surface area (Å²) in [6, 6.07) is 15.9. The van der Waals surface area contributed by atoms with Gasteiger partial charge in [0.2, 0.25) is 5.91 Å². The van der Waals surface area contributed by atoms with Crippen molar-refractivity contribution < 1.29 is 4.79 Å². The molecule has 0 aliphatic carbocycles. The SMILES string of the molecule is Cc1ccc(C2CC(C(=O)Nc3ccc(Br)cc3)NN2)cc1. The number of halogens is 1. The van der Waals surface area contributed by atoms with Gasteiger partial charge in [-0.25, -0.2) is 10.9 Å². The average Bonchev–Trinajstić information content (AvgIpc) is 3.00. The van der Waals surface area contributed by atoms with Gasteiger partial charge in [0.1, 0.15) is 6.04 Å². The van der Waals surface area contributed by atoms with Crippen LogP contribution in [0.4, 0.5) is 5.69 Å². The van der Waals surface area contributed by atoms with Gasteiger partial charge in [0.05, 0.1) is 0 Å². The highest BCUT2D eigenvalue weighted by molar-refractivity contribution is 9.10. The highest BCUT2D eigenvalue weighted by Crippen LogP contribution is 2.23. The number of hydrazine groups is 1. The molecule has 5 heteroatoms.